The van der Waals surface area contributed by atoms with Crippen LogP contribution in [0.1, 0.15) is 40.5 Å². The van der Waals surface area contributed by atoms with Gasteiger partial charge in [-0.3, -0.25) is 14.6 Å². The third-order valence-electron chi connectivity index (χ3n) is 2.93. The average molecular weight is 301 g/mol. The summed E-state index contributed by atoms with van der Waals surface area (Å²) in [6.07, 6.45) is 3.00. The van der Waals surface area contributed by atoms with Crippen LogP contribution in [0.15, 0.2) is 41.1 Å². The lowest BCUT2D eigenvalue weighted by Gasteiger charge is -2.08. The number of hydrogen-bond acceptors (Lipinski definition) is 4. The lowest BCUT2D eigenvalue weighted by atomic mass is 10.2. The van der Waals surface area contributed by atoms with Crippen molar-refractivity contribution >= 4 is 11.8 Å². The largest absolute Gasteiger partial charge is 0.467 e. The Labute approximate surface area is 128 Å². The maximum Gasteiger partial charge on any atom is 0.269 e. The Bertz CT molecular complexity index is 636. The highest BCUT2D eigenvalue weighted by Gasteiger charge is 2.12. The van der Waals surface area contributed by atoms with Gasteiger partial charge in [-0.15, -0.1) is 0 Å². The molecule has 0 aliphatic carbocycles. The molecule has 6 heteroatoms. The van der Waals surface area contributed by atoms with Crippen LogP contribution in [0.25, 0.3) is 0 Å². The van der Waals surface area contributed by atoms with Crippen molar-refractivity contribution in [3.8, 4) is 0 Å². The molecule has 0 aromatic carbocycles. The first-order valence-electron chi connectivity index (χ1n) is 7.11. The van der Waals surface area contributed by atoms with Gasteiger partial charge in [0.25, 0.3) is 11.8 Å². The van der Waals surface area contributed by atoms with Crippen LogP contribution in [-0.4, -0.2) is 23.3 Å². The van der Waals surface area contributed by atoms with Gasteiger partial charge in [0.05, 0.1) is 12.8 Å². The van der Waals surface area contributed by atoms with Gasteiger partial charge in [0, 0.05) is 18.3 Å². The molecule has 2 aromatic heterocycles. The van der Waals surface area contributed by atoms with E-state index < -0.39 is 0 Å². The number of aromatic nitrogens is 1. The molecule has 0 fully saturated rings. The van der Waals surface area contributed by atoms with Gasteiger partial charge in [0.2, 0.25) is 0 Å². The summed E-state index contributed by atoms with van der Waals surface area (Å²) in [5.74, 6) is 0.451. The topological polar surface area (TPSA) is 84.2 Å². The number of amides is 2. The Balaban J connectivity index is 1.97. The van der Waals surface area contributed by atoms with Crippen LogP contribution in [0.3, 0.4) is 0 Å². The fraction of sp³-hybridized carbons (Fsp3) is 0.312. The normalized spacial score (nSPS) is 10.5. The highest BCUT2D eigenvalue weighted by Crippen LogP contribution is 2.04. The van der Waals surface area contributed by atoms with E-state index in [0.717, 1.165) is 0 Å². The number of hydrogen-bond donors (Lipinski definition) is 2. The van der Waals surface area contributed by atoms with Crippen molar-refractivity contribution < 1.29 is 14.0 Å². The summed E-state index contributed by atoms with van der Waals surface area (Å²) in [6, 6.07) is 6.58. The molecule has 2 N–H and O–H groups in total. The van der Waals surface area contributed by atoms with Gasteiger partial charge in [-0.2, -0.15) is 0 Å². The number of nitrogens with one attached hydrogen (secondary N) is 2. The predicted octanol–water partition coefficient (Wildman–Crippen LogP) is 1.99. The number of carbonyl (C=O) groups excluding carboxylic acids is 2. The second kappa shape index (κ2) is 7.40. The molecule has 0 unspecified atom stereocenters. The van der Waals surface area contributed by atoms with Crippen molar-refractivity contribution in [3.05, 3.63) is 53.7 Å². The molecule has 0 bridgehead atoms. The molecule has 2 amide bonds. The fourth-order valence-corrected chi connectivity index (χ4v) is 1.77. The third-order valence-corrected chi connectivity index (χ3v) is 2.93. The summed E-state index contributed by atoms with van der Waals surface area (Å²) in [5, 5.41) is 5.50. The molecule has 2 rings (SSSR count). The quantitative estimate of drug-likeness (QED) is 0.854. The maximum atomic E-state index is 12.1. The zero-order valence-corrected chi connectivity index (χ0v) is 12.6. The first-order valence-corrected chi connectivity index (χ1v) is 7.11. The molecule has 0 aliphatic rings. The highest BCUT2D eigenvalue weighted by molar-refractivity contribution is 5.98. The zero-order valence-electron chi connectivity index (χ0n) is 12.6. The second-order valence-electron chi connectivity index (χ2n) is 5.30. The minimum atomic E-state index is -0.283. The van der Waals surface area contributed by atoms with E-state index >= 15 is 0 Å². The van der Waals surface area contributed by atoms with Crippen molar-refractivity contribution in [2.75, 3.05) is 6.54 Å². The number of rotatable bonds is 6. The smallest absolute Gasteiger partial charge is 0.269 e. The molecule has 22 heavy (non-hydrogen) atoms. The highest BCUT2D eigenvalue weighted by atomic mass is 16.3. The Morgan fingerprint density at radius 3 is 2.73 bits per heavy atom. The van der Waals surface area contributed by atoms with Crippen molar-refractivity contribution in [1.82, 2.24) is 15.6 Å². The van der Waals surface area contributed by atoms with E-state index in [1.807, 2.05) is 13.8 Å². The van der Waals surface area contributed by atoms with Crippen LogP contribution < -0.4 is 10.6 Å². The number of furan rings is 1. The minimum absolute atomic E-state index is 0.228. The van der Waals surface area contributed by atoms with Crippen LogP contribution in [0.2, 0.25) is 0 Å². The number of pyridine rings is 1. The van der Waals surface area contributed by atoms with Crippen molar-refractivity contribution in [2.45, 2.75) is 20.4 Å². The van der Waals surface area contributed by atoms with Crippen molar-refractivity contribution in [1.29, 1.82) is 0 Å². The number of carbonyl (C=O) groups is 2. The molecule has 116 valence electrons. The molecule has 0 aliphatic heterocycles. The van der Waals surface area contributed by atoms with E-state index in [9.17, 15) is 9.59 Å². The molecule has 2 heterocycles. The summed E-state index contributed by atoms with van der Waals surface area (Å²) in [5.41, 5.74) is 0.613. The van der Waals surface area contributed by atoms with Gasteiger partial charge in [-0.05, 0) is 30.2 Å². The Morgan fingerprint density at radius 1 is 1.23 bits per heavy atom. The molecule has 2 aromatic rings. The lowest BCUT2D eigenvalue weighted by molar-refractivity contribution is 0.0944. The van der Waals surface area contributed by atoms with Crippen molar-refractivity contribution in [2.24, 2.45) is 5.92 Å². The van der Waals surface area contributed by atoms with Gasteiger partial charge in [-0.25, -0.2) is 0 Å². The molecule has 0 saturated heterocycles. The SMILES string of the molecule is CC(C)CNC(=O)c1cc(C(=O)NCc2ccco2)ccn1. The van der Waals surface area contributed by atoms with Gasteiger partial charge in [0.1, 0.15) is 11.5 Å². The van der Waals surface area contributed by atoms with Crippen LogP contribution in [-0.2, 0) is 6.54 Å². The summed E-state index contributed by atoms with van der Waals surface area (Å²) in [6.45, 7) is 4.87. The van der Waals surface area contributed by atoms with Crippen LogP contribution in [0, 0.1) is 5.92 Å². The van der Waals surface area contributed by atoms with E-state index in [-0.39, 0.29) is 17.5 Å². The van der Waals surface area contributed by atoms with Gasteiger partial charge in [0.15, 0.2) is 0 Å². The van der Waals surface area contributed by atoms with Crippen LogP contribution in [0.4, 0.5) is 0 Å². The summed E-state index contributed by atoms with van der Waals surface area (Å²) in [7, 11) is 0. The van der Waals surface area contributed by atoms with E-state index in [0.29, 0.717) is 30.3 Å². The molecular weight excluding hydrogens is 282 g/mol. The minimum Gasteiger partial charge on any atom is -0.467 e. The lowest BCUT2D eigenvalue weighted by Crippen LogP contribution is -2.29. The fourth-order valence-electron chi connectivity index (χ4n) is 1.77. The van der Waals surface area contributed by atoms with Crippen LogP contribution in [0.5, 0.6) is 0 Å². The second-order valence-corrected chi connectivity index (χ2v) is 5.30. The third kappa shape index (κ3) is 4.44. The van der Waals surface area contributed by atoms with E-state index in [4.69, 9.17) is 4.42 Å². The van der Waals surface area contributed by atoms with E-state index in [2.05, 4.69) is 15.6 Å². The Morgan fingerprint density at radius 2 is 2.05 bits per heavy atom. The van der Waals surface area contributed by atoms with Crippen molar-refractivity contribution in [3.63, 3.8) is 0 Å². The molecule has 0 radical (unpaired) electrons. The average Bonchev–Trinajstić information content (AvgIpc) is 3.03. The first-order chi connectivity index (χ1) is 10.6. The summed E-state index contributed by atoms with van der Waals surface area (Å²) < 4.78 is 5.14. The Hall–Kier alpha value is -2.63. The van der Waals surface area contributed by atoms with Crippen LogP contribution >= 0.6 is 0 Å². The van der Waals surface area contributed by atoms with Gasteiger partial charge >= 0.3 is 0 Å². The molecule has 6 nitrogen and oxygen atoms in total. The Kier molecular flexibility index (Phi) is 5.30. The van der Waals surface area contributed by atoms with Gasteiger partial charge < -0.3 is 15.1 Å². The van der Waals surface area contributed by atoms with E-state index in [1.54, 1.807) is 24.5 Å². The molecule has 0 spiro atoms. The monoisotopic (exact) mass is 301 g/mol. The van der Waals surface area contributed by atoms with Gasteiger partial charge in [-0.1, -0.05) is 13.8 Å². The molecule has 0 saturated carbocycles. The van der Waals surface area contributed by atoms with E-state index in [1.165, 1.54) is 12.3 Å². The maximum absolute atomic E-state index is 12.1. The standard InChI is InChI=1S/C16H19N3O3/c1-11(2)9-18-16(21)14-8-12(5-6-17-14)15(20)19-10-13-4-3-7-22-13/h3-8,11H,9-10H2,1-2H3,(H,18,21)(H,19,20). The number of nitrogens with zero attached hydrogens (tertiary/aromatic N) is 1. The molecule has 0 atom stereocenters. The first kappa shape index (κ1) is 15.8. The summed E-state index contributed by atoms with van der Waals surface area (Å²) in [4.78, 5) is 28.0. The summed E-state index contributed by atoms with van der Waals surface area (Å²) >= 11 is 0. The zero-order chi connectivity index (χ0) is 15.9. The predicted molar refractivity (Wildman–Crippen MR) is 81.3 cm³/mol. The molecular formula is C16H19N3O3.